The van der Waals surface area contributed by atoms with Crippen LogP contribution in [0.3, 0.4) is 0 Å². The predicted molar refractivity (Wildman–Crippen MR) is 48.5 cm³/mol. The summed E-state index contributed by atoms with van der Waals surface area (Å²) >= 11 is 5.39. The van der Waals surface area contributed by atoms with Crippen molar-refractivity contribution in [3.8, 4) is 0 Å². The van der Waals surface area contributed by atoms with Crippen molar-refractivity contribution in [2.75, 3.05) is 38.9 Å². The molecule has 72 valence electrons. The smallest absolute Gasteiger partial charge is 0.111 e. The van der Waals surface area contributed by atoms with Gasteiger partial charge in [0.2, 0.25) is 0 Å². The molecule has 0 aliphatic carbocycles. The monoisotopic (exact) mass is 194 g/mol. The Balaban J connectivity index is 2.77. The maximum Gasteiger partial charge on any atom is 0.111 e. The van der Waals surface area contributed by atoms with Crippen LogP contribution in [0.15, 0.2) is 12.8 Å². The van der Waals surface area contributed by atoms with E-state index in [-0.39, 0.29) is 0 Å². The van der Waals surface area contributed by atoms with Crippen LogP contribution in [-0.4, -0.2) is 38.9 Å². The molecule has 0 N–H and O–H groups in total. The third-order valence-electron chi connectivity index (χ3n) is 1.06. The molecule has 0 radical (unpaired) electrons. The van der Waals surface area contributed by atoms with Crippen molar-refractivity contribution in [2.45, 2.75) is 0 Å². The van der Waals surface area contributed by atoms with Gasteiger partial charge in [-0.3, -0.25) is 0 Å². The first-order chi connectivity index (χ1) is 5.91. The summed E-state index contributed by atoms with van der Waals surface area (Å²) in [6.07, 6.45) is 1.40. The molecule has 0 aromatic rings. The van der Waals surface area contributed by atoms with Gasteiger partial charge in [0.05, 0.1) is 32.7 Å². The lowest BCUT2D eigenvalue weighted by atomic mass is 10.7. The van der Waals surface area contributed by atoms with Gasteiger partial charge in [0.1, 0.15) is 6.61 Å². The third kappa shape index (κ3) is 9.75. The lowest BCUT2D eigenvalue weighted by molar-refractivity contribution is 0.0348. The summed E-state index contributed by atoms with van der Waals surface area (Å²) in [5.41, 5.74) is 0. The number of hydrogen-bond acceptors (Lipinski definition) is 3. The van der Waals surface area contributed by atoms with Gasteiger partial charge >= 0.3 is 0 Å². The fraction of sp³-hybridized carbons (Fsp3) is 0.750. The summed E-state index contributed by atoms with van der Waals surface area (Å²) in [5, 5.41) is 0. The Morgan fingerprint density at radius 1 is 1.00 bits per heavy atom. The molecule has 0 atom stereocenters. The first kappa shape index (κ1) is 11.8. The summed E-state index contributed by atoms with van der Waals surface area (Å²) in [6.45, 7) is 6.25. The van der Waals surface area contributed by atoms with E-state index in [9.17, 15) is 0 Å². The Bertz CT molecular complexity index is 98.3. The van der Waals surface area contributed by atoms with Crippen molar-refractivity contribution in [1.82, 2.24) is 0 Å². The summed E-state index contributed by atoms with van der Waals surface area (Å²) in [6, 6.07) is 0. The van der Waals surface area contributed by atoms with E-state index in [1.54, 1.807) is 0 Å². The molecule has 12 heavy (non-hydrogen) atoms. The van der Waals surface area contributed by atoms with Crippen LogP contribution in [0.4, 0.5) is 0 Å². The van der Waals surface area contributed by atoms with Crippen LogP contribution in [0, 0.1) is 0 Å². The quantitative estimate of drug-likeness (QED) is 0.316. The molecule has 0 spiro atoms. The van der Waals surface area contributed by atoms with Gasteiger partial charge in [-0.05, 0) is 0 Å². The summed E-state index contributed by atoms with van der Waals surface area (Å²) < 4.78 is 15.1. The Kier molecular flexibility index (Phi) is 10.5. The van der Waals surface area contributed by atoms with Gasteiger partial charge in [-0.25, -0.2) is 0 Å². The molecular weight excluding hydrogens is 180 g/mol. The molecule has 0 rings (SSSR count). The maximum absolute atomic E-state index is 5.39. The highest BCUT2D eigenvalue weighted by Gasteiger charge is 1.88. The van der Waals surface area contributed by atoms with E-state index in [1.807, 2.05) is 0 Å². The highest BCUT2D eigenvalue weighted by Crippen LogP contribution is 1.82. The highest BCUT2D eigenvalue weighted by molar-refractivity contribution is 6.17. The molecule has 0 saturated carbocycles. The Morgan fingerprint density at radius 2 is 1.58 bits per heavy atom. The average molecular weight is 195 g/mol. The van der Waals surface area contributed by atoms with Crippen LogP contribution in [-0.2, 0) is 14.2 Å². The lowest BCUT2D eigenvalue weighted by Crippen LogP contribution is -2.08. The molecule has 0 aliphatic rings. The first-order valence-electron chi connectivity index (χ1n) is 3.85. The van der Waals surface area contributed by atoms with Crippen molar-refractivity contribution in [1.29, 1.82) is 0 Å². The minimum atomic E-state index is 0.527. The van der Waals surface area contributed by atoms with Gasteiger partial charge < -0.3 is 14.2 Å². The molecule has 3 nitrogen and oxygen atoms in total. The second-order valence-corrected chi connectivity index (χ2v) is 2.33. The number of alkyl halides is 1. The number of ether oxygens (including phenoxy) is 3. The predicted octanol–water partition coefficient (Wildman–Crippen LogP) is 1.42. The molecule has 0 aromatic carbocycles. The van der Waals surface area contributed by atoms with Crippen LogP contribution >= 0.6 is 11.6 Å². The normalized spacial score (nSPS) is 9.75. The maximum atomic E-state index is 5.39. The van der Waals surface area contributed by atoms with E-state index in [2.05, 4.69) is 6.58 Å². The van der Waals surface area contributed by atoms with E-state index >= 15 is 0 Å². The average Bonchev–Trinajstić information content (AvgIpc) is 2.10. The molecule has 0 unspecified atom stereocenters. The topological polar surface area (TPSA) is 27.7 Å². The summed E-state index contributed by atoms with van der Waals surface area (Å²) in [5.74, 6) is 0.527. The largest absolute Gasteiger partial charge is 0.499 e. The lowest BCUT2D eigenvalue weighted by Gasteiger charge is -2.03. The fourth-order valence-electron chi connectivity index (χ4n) is 0.567. The molecule has 0 heterocycles. The van der Waals surface area contributed by atoms with Crippen LogP contribution in [0.2, 0.25) is 0 Å². The fourth-order valence-corrected chi connectivity index (χ4v) is 0.676. The zero-order valence-electron chi connectivity index (χ0n) is 7.13. The summed E-state index contributed by atoms with van der Waals surface area (Å²) in [7, 11) is 0. The minimum absolute atomic E-state index is 0.527. The second kappa shape index (κ2) is 10.8. The van der Waals surface area contributed by atoms with E-state index < -0.39 is 0 Å². The van der Waals surface area contributed by atoms with Gasteiger partial charge in [0.15, 0.2) is 0 Å². The van der Waals surface area contributed by atoms with E-state index in [0.717, 1.165) is 0 Å². The standard InChI is InChI=1S/C8H15ClO3/c1-2-10-5-6-12-8-7-11-4-3-9/h2H,1,3-8H2. The van der Waals surface area contributed by atoms with Crippen LogP contribution in [0.25, 0.3) is 0 Å². The van der Waals surface area contributed by atoms with Gasteiger partial charge in [-0.1, -0.05) is 6.58 Å². The molecular formula is C8H15ClO3. The van der Waals surface area contributed by atoms with Crippen molar-refractivity contribution >= 4 is 11.6 Å². The highest BCUT2D eigenvalue weighted by atomic mass is 35.5. The number of halogens is 1. The zero-order valence-corrected chi connectivity index (χ0v) is 7.89. The van der Waals surface area contributed by atoms with Crippen LogP contribution in [0.1, 0.15) is 0 Å². The SMILES string of the molecule is C=COCCOCCOCCCl. The van der Waals surface area contributed by atoms with E-state index in [0.29, 0.717) is 38.9 Å². The second-order valence-electron chi connectivity index (χ2n) is 1.95. The van der Waals surface area contributed by atoms with Crippen molar-refractivity contribution in [2.24, 2.45) is 0 Å². The summed E-state index contributed by atoms with van der Waals surface area (Å²) in [4.78, 5) is 0. The van der Waals surface area contributed by atoms with Crippen LogP contribution < -0.4 is 0 Å². The van der Waals surface area contributed by atoms with Gasteiger partial charge in [0, 0.05) is 5.88 Å². The minimum Gasteiger partial charge on any atom is -0.499 e. The molecule has 0 amide bonds. The molecule has 0 aromatic heterocycles. The number of hydrogen-bond donors (Lipinski definition) is 0. The van der Waals surface area contributed by atoms with Crippen molar-refractivity contribution in [3.63, 3.8) is 0 Å². The van der Waals surface area contributed by atoms with Crippen molar-refractivity contribution < 1.29 is 14.2 Å². The van der Waals surface area contributed by atoms with Gasteiger partial charge in [-0.2, -0.15) is 0 Å². The molecule has 4 heteroatoms. The molecule has 0 saturated heterocycles. The first-order valence-corrected chi connectivity index (χ1v) is 4.39. The molecule has 0 fully saturated rings. The molecule has 0 aliphatic heterocycles. The van der Waals surface area contributed by atoms with Crippen LogP contribution in [0.5, 0.6) is 0 Å². The van der Waals surface area contributed by atoms with Gasteiger partial charge in [-0.15, -0.1) is 11.6 Å². The van der Waals surface area contributed by atoms with E-state index in [4.69, 9.17) is 25.8 Å². The van der Waals surface area contributed by atoms with Gasteiger partial charge in [0.25, 0.3) is 0 Å². The Labute approximate surface area is 78.2 Å². The Hall–Kier alpha value is -0.250. The van der Waals surface area contributed by atoms with E-state index in [1.165, 1.54) is 6.26 Å². The number of rotatable bonds is 9. The Morgan fingerprint density at radius 3 is 2.17 bits per heavy atom. The molecule has 0 bridgehead atoms. The van der Waals surface area contributed by atoms with Crippen molar-refractivity contribution in [3.05, 3.63) is 12.8 Å². The zero-order chi connectivity index (χ0) is 9.07. The third-order valence-corrected chi connectivity index (χ3v) is 1.21.